The molecule has 0 aromatic rings. The zero-order chi connectivity index (χ0) is 18.9. The van der Waals surface area contributed by atoms with E-state index in [0.29, 0.717) is 31.7 Å². The van der Waals surface area contributed by atoms with Crippen LogP contribution in [0.15, 0.2) is 0 Å². The first-order valence-electron chi connectivity index (χ1n) is 9.85. The van der Waals surface area contributed by atoms with Crippen LogP contribution in [0.3, 0.4) is 0 Å². The quantitative estimate of drug-likeness (QED) is 0.704. The van der Waals surface area contributed by atoms with E-state index >= 15 is 0 Å². The van der Waals surface area contributed by atoms with Gasteiger partial charge in [-0.3, -0.25) is 9.69 Å². The SMILES string of the molecule is CCCCN(CN1C(=O)NC2(CCC(C)CC2)C1=O)C1CCS(=O)(=O)C1. The lowest BCUT2D eigenvalue weighted by Gasteiger charge is -2.34. The summed E-state index contributed by atoms with van der Waals surface area (Å²) in [5, 5.41) is 2.95. The van der Waals surface area contributed by atoms with Crippen LogP contribution in [-0.4, -0.2) is 66.5 Å². The Labute approximate surface area is 156 Å². The van der Waals surface area contributed by atoms with Gasteiger partial charge in [0, 0.05) is 12.6 Å². The van der Waals surface area contributed by atoms with E-state index in [1.54, 1.807) is 0 Å². The van der Waals surface area contributed by atoms with Gasteiger partial charge < -0.3 is 5.32 Å². The van der Waals surface area contributed by atoms with E-state index in [9.17, 15) is 18.0 Å². The molecule has 0 radical (unpaired) electrons. The fourth-order valence-electron chi connectivity index (χ4n) is 4.37. The standard InChI is InChI=1S/C18H31N3O4S/c1-3-4-10-20(15-7-11-26(24,25)12-15)13-21-16(22)18(19-17(21)23)8-5-14(2)6-9-18/h14-15H,3-13H2,1-2H3,(H,19,23). The van der Waals surface area contributed by atoms with Crippen molar-refractivity contribution in [1.82, 2.24) is 15.1 Å². The van der Waals surface area contributed by atoms with Crippen molar-refractivity contribution in [2.45, 2.75) is 70.4 Å². The topological polar surface area (TPSA) is 86.8 Å². The molecule has 7 nitrogen and oxygen atoms in total. The summed E-state index contributed by atoms with van der Waals surface area (Å²) in [5.74, 6) is 0.784. The van der Waals surface area contributed by atoms with Gasteiger partial charge in [-0.05, 0) is 44.4 Å². The van der Waals surface area contributed by atoms with Gasteiger partial charge in [-0.1, -0.05) is 20.3 Å². The van der Waals surface area contributed by atoms with Crippen molar-refractivity contribution in [3.63, 3.8) is 0 Å². The molecule has 3 amide bonds. The van der Waals surface area contributed by atoms with E-state index in [1.807, 2.05) is 4.90 Å². The van der Waals surface area contributed by atoms with E-state index < -0.39 is 15.4 Å². The Morgan fingerprint density at radius 2 is 1.92 bits per heavy atom. The Balaban J connectivity index is 1.72. The number of nitrogens with one attached hydrogen (secondary N) is 1. The minimum atomic E-state index is -3.00. The van der Waals surface area contributed by atoms with Crippen molar-refractivity contribution < 1.29 is 18.0 Å². The normalized spacial score (nSPS) is 34.0. The number of hydrogen-bond acceptors (Lipinski definition) is 5. The van der Waals surface area contributed by atoms with Crippen LogP contribution < -0.4 is 5.32 Å². The smallest absolute Gasteiger partial charge is 0.323 e. The lowest BCUT2D eigenvalue weighted by molar-refractivity contribution is -0.134. The molecule has 1 N–H and O–H groups in total. The highest BCUT2D eigenvalue weighted by Crippen LogP contribution is 2.36. The van der Waals surface area contributed by atoms with Crippen LogP contribution in [0.5, 0.6) is 0 Å². The fourth-order valence-corrected chi connectivity index (χ4v) is 6.14. The molecule has 1 spiro atoms. The van der Waals surface area contributed by atoms with Gasteiger partial charge in [0.2, 0.25) is 0 Å². The molecule has 8 heteroatoms. The highest BCUT2D eigenvalue weighted by Gasteiger charge is 2.52. The van der Waals surface area contributed by atoms with Crippen molar-refractivity contribution >= 4 is 21.8 Å². The molecule has 0 aromatic heterocycles. The Hall–Kier alpha value is -1.15. The molecule has 1 aliphatic carbocycles. The van der Waals surface area contributed by atoms with Gasteiger partial charge in [0.25, 0.3) is 5.91 Å². The second-order valence-corrected chi connectivity index (χ2v) is 10.5. The Morgan fingerprint density at radius 3 is 2.50 bits per heavy atom. The van der Waals surface area contributed by atoms with Gasteiger partial charge in [-0.15, -0.1) is 0 Å². The largest absolute Gasteiger partial charge is 0.326 e. The molecule has 2 heterocycles. The van der Waals surface area contributed by atoms with Crippen molar-refractivity contribution in [3.8, 4) is 0 Å². The molecule has 1 saturated carbocycles. The Morgan fingerprint density at radius 1 is 1.23 bits per heavy atom. The Bertz CT molecular complexity index is 655. The van der Waals surface area contributed by atoms with Crippen LogP contribution in [0, 0.1) is 5.92 Å². The molecule has 3 aliphatic rings. The monoisotopic (exact) mass is 385 g/mol. The van der Waals surface area contributed by atoms with Gasteiger partial charge in [-0.25, -0.2) is 18.1 Å². The van der Waals surface area contributed by atoms with Crippen LogP contribution in [0.4, 0.5) is 4.79 Å². The van der Waals surface area contributed by atoms with Crippen LogP contribution in [0.2, 0.25) is 0 Å². The summed E-state index contributed by atoms with van der Waals surface area (Å²) in [5.41, 5.74) is -0.734. The van der Waals surface area contributed by atoms with Crippen molar-refractivity contribution in [2.75, 3.05) is 24.7 Å². The molecule has 0 bridgehead atoms. The van der Waals surface area contributed by atoms with E-state index in [1.165, 1.54) is 4.90 Å². The molecule has 3 fully saturated rings. The first kappa shape index (κ1) is 19.6. The molecule has 0 aromatic carbocycles. The summed E-state index contributed by atoms with van der Waals surface area (Å²) in [6.07, 6.45) is 5.77. The molecule has 148 valence electrons. The Kier molecular flexibility index (Phi) is 5.63. The summed E-state index contributed by atoms with van der Waals surface area (Å²) in [4.78, 5) is 28.9. The summed E-state index contributed by atoms with van der Waals surface area (Å²) in [7, 11) is -3.00. The van der Waals surface area contributed by atoms with E-state index in [2.05, 4.69) is 19.2 Å². The highest BCUT2D eigenvalue weighted by molar-refractivity contribution is 7.91. The molecular formula is C18H31N3O4S. The summed E-state index contributed by atoms with van der Waals surface area (Å²) in [6, 6.07) is -0.429. The highest BCUT2D eigenvalue weighted by atomic mass is 32.2. The maximum Gasteiger partial charge on any atom is 0.326 e. The number of urea groups is 1. The first-order valence-corrected chi connectivity index (χ1v) is 11.7. The van der Waals surface area contributed by atoms with Crippen LogP contribution in [-0.2, 0) is 14.6 Å². The number of sulfone groups is 1. The van der Waals surface area contributed by atoms with Gasteiger partial charge in [0.1, 0.15) is 5.54 Å². The lowest BCUT2D eigenvalue weighted by atomic mass is 9.77. The number of carbonyl (C=O) groups excluding carboxylic acids is 2. The molecular weight excluding hydrogens is 354 g/mol. The van der Waals surface area contributed by atoms with E-state index in [-0.39, 0.29) is 36.2 Å². The molecule has 2 aliphatic heterocycles. The second kappa shape index (κ2) is 7.46. The van der Waals surface area contributed by atoms with Gasteiger partial charge >= 0.3 is 6.03 Å². The maximum atomic E-state index is 13.0. The molecule has 1 atom stereocenters. The molecule has 26 heavy (non-hydrogen) atoms. The number of hydrogen-bond donors (Lipinski definition) is 1. The fraction of sp³-hybridized carbons (Fsp3) is 0.889. The number of unbranched alkanes of at least 4 members (excludes halogenated alkanes) is 1. The third-order valence-corrected chi connectivity index (χ3v) is 7.97. The molecule has 3 rings (SSSR count). The first-order chi connectivity index (χ1) is 12.3. The molecule has 1 unspecified atom stereocenters. The number of nitrogens with zero attached hydrogens (tertiary/aromatic N) is 2. The second-order valence-electron chi connectivity index (χ2n) is 8.29. The average Bonchev–Trinajstić information content (AvgIpc) is 3.06. The number of rotatable bonds is 6. The summed E-state index contributed by atoms with van der Waals surface area (Å²) >= 11 is 0. The van der Waals surface area contributed by atoms with Crippen molar-refractivity contribution in [3.05, 3.63) is 0 Å². The van der Waals surface area contributed by atoms with Crippen molar-refractivity contribution in [1.29, 1.82) is 0 Å². The van der Waals surface area contributed by atoms with Crippen LogP contribution >= 0.6 is 0 Å². The third-order valence-electron chi connectivity index (χ3n) is 6.22. The van der Waals surface area contributed by atoms with Crippen molar-refractivity contribution in [2.24, 2.45) is 5.92 Å². The summed E-state index contributed by atoms with van der Waals surface area (Å²) < 4.78 is 23.7. The van der Waals surface area contributed by atoms with E-state index in [0.717, 1.165) is 25.7 Å². The average molecular weight is 386 g/mol. The van der Waals surface area contributed by atoms with E-state index in [4.69, 9.17) is 0 Å². The van der Waals surface area contributed by atoms with Crippen LogP contribution in [0.1, 0.15) is 58.8 Å². The third kappa shape index (κ3) is 3.91. The minimum Gasteiger partial charge on any atom is -0.323 e. The summed E-state index contributed by atoms with van der Waals surface area (Å²) in [6.45, 7) is 5.16. The number of carbonyl (C=O) groups is 2. The lowest BCUT2D eigenvalue weighted by Crippen LogP contribution is -2.51. The zero-order valence-electron chi connectivity index (χ0n) is 15.9. The zero-order valence-corrected chi connectivity index (χ0v) is 16.7. The number of amides is 3. The number of imide groups is 1. The predicted octanol–water partition coefficient (Wildman–Crippen LogP) is 1.73. The maximum absolute atomic E-state index is 13.0. The minimum absolute atomic E-state index is 0.102. The van der Waals surface area contributed by atoms with Gasteiger partial charge in [-0.2, -0.15) is 0 Å². The van der Waals surface area contributed by atoms with Crippen LogP contribution in [0.25, 0.3) is 0 Å². The molecule has 2 saturated heterocycles. The van der Waals surface area contributed by atoms with Gasteiger partial charge in [0.15, 0.2) is 9.84 Å². The van der Waals surface area contributed by atoms with Gasteiger partial charge in [0.05, 0.1) is 18.2 Å². The predicted molar refractivity (Wildman–Crippen MR) is 99.3 cm³/mol.